The topological polar surface area (TPSA) is 346 Å². The van der Waals surface area contributed by atoms with Gasteiger partial charge in [0.15, 0.2) is 11.6 Å². The zero-order valence-corrected chi connectivity index (χ0v) is 75.1. The second-order valence-corrected chi connectivity index (χ2v) is 61.2. The quantitative estimate of drug-likeness (QED) is 0.0280. The first-order chi connectivity index (χ1) is 52.9. The molecular weight excluding hydrogens is 1740 g/mol. The molecule has 7 aromatic heterocycles. The molecule has 113 heavy (non-hydrogen) atoms. The van der Waals surface area contributed by atoms with Crippen LogP contribution >= 0.6 is 46.4 Å². The van der Waals surface area contributed by atoms with Crippen molar-refractivity contribution >= 4 is 172 Å². The number of hydrogen-bond donors (Lipinski definition) is 6. The molecule has 10 rings (SSSR count). The van der Waals surface area contributed by atoms with E-state index in [2.05, 4.69) is 101 Å². The second-order valence-electron chi connectivity index (χ2n) is 30.7. The van der Waals surface area contributed by atoms with Gasteiger partial charge in [0.1, 0.15) is 27.8 Å². The van der Waals surface area contributed by atoms with Crippen LogP contribution in [0.5, 0.6) is 0 Å². The van der Waals surface area contributed by atoms with Crippen molar-refractivity contribution in [3.05, 3.63) is 210 Å². The minimum atomic E-state index is -2.28. The Hall–Kier alpha value is -9.63. The van der Waals surface area contributed by atoms with Gasteiger partial charge in [-0.2, -0.15) is 0 Å². The van der Waals surface area contributed by atoms with Crippen molar-refractivity contribution in [2.75, 3.05) is 44.2 Å². The Morgan fingerprint density at radius 2 is 0.876 bits per heavy atom. The maximum atomic E-state index is 13.2. The van der Waals surface area contributed by atoms with Crippen LogP contribution in [0.15, 0.2) is 184 Å². The predicted molar refractivity (Wildman–Crippen MR) is 453 cm³/mol. The van der Waals surface area contributed by atoms with Crippen LogP contribution < -0.4 is 38.2 Å². The number of hydrogen-bond acceptors (Lipinski definition) is 22. The Bertz CT molecular complexity index is 4820. The van der Waals surface area contributed by atoms with Crippen LogP contribution in [0.4, 0.5) is 70.8 Å². The van der Waals surface area contributed by atoms with Crippen LogP contribution in [-0.2, 0) is 18.9 Å². The summed E-state index contributed by atoms with van der Waals surface area (Å²) in [6.07, 6.45) is 20.6. The monoisotopic (exact) mass is 1840 g/mol. The number of carbonyl (C=O) groups is 5. The van der Waals surface area contributed by atoms with Crippen LogP contribution in [0, 0.1) is 0 Å². The number of benzene rings is 3. The first kappa shape index (κ1) is 92.2. The number of ether oxygens (including phenoxy) is 4. The summed E-state index contributed by atoms with van der Waals surface area (Å²) in [7, 11) is 0. The number of rotatable bonds is 17. The minimum absolute atomic E-state index is 0.140. The summed E-state index contributed by atoms with van der Waals surface area (Å²) in [6, 6.07) is 28.4. The van der Waals surface area contributed by atoms with Gasteiger partial charge in [-0.1, -0.05) is 64.6 Å². The molecule has 0 atom stereocenters. The van der Waals surface area contributed by atoms with E-state index in [4.69, 9.17) is 75.6 Å². The third-order valence-electron chi connectivity index (χ3n) is 14.3. The molecule has 0 fully saturated rings. The summed E-state index contributed by atoms with van der Waals surface area (Å²) >= 11 is 19.5. The van der Waals surface area contributed by atoms with Gasteiger partial charge in [0, 0.05) is 57.4 Å². The fourth-order valence-corrected chi connectivity index (χ4v) is 19.2. The SMILES string of the molecule is CC(C)(C)OC(=O)N(c1cccc(Cl)c1)c1cncc(Cl)n1.CC(C)(C)OC(=O)Nc1cncc[c]1[Sn]([CH3])([CH3])[CH3].CC(C)(C)OC(=O)Nc1cnccc1-c1cncc(N(C(=O)OC(C)(C)C)c2cccc(Cl)c2)n1.OCCCNc1cnccc1-c1cncc(Nc2cccc(Cl)c2)n1.[CH3][Sn]([CH3])([CH3])[c]1ccncc1C(=O)O. The summed E-state index contributed by atoms with van der Waals surface area (Å²) in [6.45, 7) is 22.3. The normalized spacial score (nSPS) is 11.3. The molecule has 3 aromatic carbocycles. The predicted octanol–water partition coefficient (Wildman–Crippen LogP) is 19.5. The molecule has 7 heterocycles. The van der Waals surface area contributed by atoms with Crippen LogP contribution in [0.3, 0.4) is 0 Å². The van der Waals surface area contributed by atoms with E-state index in [1.54, 1.807) is 166 Å². The van der Waals surface area contributed by atoms with Gasteiger partial charge in [0.2, 0.25) is 0 Å². The summed E-state index contributed by atoms with van der Waals surface area (Å²) < 4.78 is 23.9. The Morgan fingerprint density at radius 1 is 0.451 bits per heavy atom. The number of nitrogens with zero attached hydrogens (tertiary/aromatic N) is 12. The van der Waals surface area contributed by atoms with Crippen molar-refractivity contribution in [3.63, 3.8) is 0 Å². The van der Waals surface area contributed by atoms with Crippen LogP contribution in [0.25, 0.3) is 22.5 Å². The zero-order valence-electron chi connectivity index (χ0n) is 66.4. The third kappa shape index (κ3) is 32.1. The average molecular weight is 1840 g/mol. The number of nitrogens with one attached hydrogen (secondary N) is 4. The molecule has 0 bridgehead atoms. The van der Waals surface area contributed by atoms with Gasteiger partial charge < -0.3 is 30.0 Å². The average Bonchev–Trinajstić information content (AvgIpc) is 0.819. The molecule has 10 aromatic rings. The number of anilines is 9. The van der Waals surface area contributed by atoms with Gasteiger partial charge in [0.25, 0.3) is 0 Å². The first-order valence-corrected chi connectivity index (χ1v) is 56.9. The van der Waals surface area contributed by atoms with Crippen molar-refractivity contribution in [1.29, 1.82) is 0 Å². The van der Waals surface area contributed by atoms with E-state index in [0.717, 1.165) is 31.9 Å². The number of pyridine rings is 4. The van der Waals surface area contributed by atoms with E-state index in [0.29, 0.717) is 67.7 Å². The van der Waals surface area contributed by atoms with E-state index in [9.17, 15) is 24.0 Å². The second kappa shape index (κ2) is 41.9. The van der Waals surface area contributed by atoms with E-state index in [-0.39, 0.29) is 23.4 Å². The van der Waals surface area contributed by atoms with Crippen molar-refractivity contribution in [3.8, 4) is 22.5 Å². The van der Waals surface area contributed by atoms with Gasteiger partial charge in [-0.05, 0) is 135 Å². The van der Waals surface area contributed by atoms with Crippen LogP contribution in [0.2, 0.25) is 49.9 Å². The maximum absolute atomic E-state index is 13.2. The number of carboxylic acids is 1. The van der Waals surface area contributed by atoms with Crippen molar-refractivity contribution < 1.29 is 53.1 Å². The molecule has 33 heteroatoms. The Balaban J connectivity index is 0.000000228. The molecular formula is C80H96Cl4N16O11Sn2. The summed E-state index contributed by atoms with van der Waals surface area (Å²) in [5.41, 5.74) is 4.21. The molecule has 598 valence electrons. The summed E-state index contributed by atoms with van der Waals surface area (Å²) in [4.78, 5) is 119. The fraction of sp³-hybridized carbons (Fsp3) is 0.312. The zero-order chi connectivity index (χ0) is 83.7. The molecule has 0 radical (unpaired) electrons. The number of carbonyl (C=O) groups excluding carboxylic acids is 4. The molecule has 0 aliphatic carbocycles. The van der Waals surface area contributed by atoms with Crippen molar-refractivity contribution in [2.45, 2.75) is 142 Å². The number of carboxylic acid groups (broad SMARTS) is 1. The van der Waals surface area contributed by atoms with E-state index in [1.165, 1.54) is 50.6 Å². The number of aromatic nitrogens is 10. The van der Waals surface area contributed by atoms with Gasteiger partial charge in [0.05, 0.1) is 83.7 Å². The number of aromatic carboxylic acids is 1. The number of aliphatic hydroxyl groups is 1. The fourth-order valence-electron chi connectivity index (χ4n) is 9.78. The van der Waals surface area contributed by atoms with Gasteiger partial charge >= 0.3 is 213 Å². The molecule has 0 saturated heterocycles. The molecule has 27 nitrogen and oxygen atoms in total. The first-order valence-electron chi connectivity index (χ1n) is 35.4. The number of amides is 4. The molecule has 0 aliphatic rings. The van der Waals surface area contributed by atoms with E-state index >= 15 is 0 Å². The van der Waals surface area contributed by atoms with Gasteiger partial charge in [-0.25, -0.2) is 39.1 Å². The Labute approximate surface area is 687 Å². The standard InChI is InChI=1S/C25H28ClN5O4.C18H18ClN5O.C15H15Cl2N3O2.C10H13N2O2.C6H4NO2.6CH3.2Sn/c1-24(2,3)34-22(32)30-20-13-27-11-10-18(20)19-14-28-15-21(29-19)31(23(33)35-25(4,5)6)17-9-7-8-16(26)12-17;19-13-3-1-4-14(9-13)23-18-12-21-11-17(24-18)15-5-7-20-10-16(15)22-6-2-8-25;1-15(2,3)22-14(21)20(11-6-4-5-10(16)7-11)13-9-18-8-12(17)19-13;1-10(2,3)14-9(13)12-8-5-4-6-11-7-8;8-6(9)5-2-1-3-7-4-5;;;;;;;;/h7-15H,1-6H3,(H,30,32);1,3-5,7,9-12,22,25H,2,6,8H2,(H,23,24);4-9H,1-3H3;4,6-7H,1-3H3,(H,12,13);1,3-4H,(H,8,9);6*1H3;;. The molecule has 0 spiro atoms. The molecule has 4 amide bonds. The Kier molecular flexibility index (Phi) is 34.2. The molecule has 0 saturated carbocycles. The van der Waals surface area contributed by atoms with Crippen molar-refractivity contribution in [2.24, 2.45) is 0 Å². The molecule has 0 unspecified atom stereocenters. The third-order valence-corrected chi connectivity index (χ3v) is 26.9. The number of aliphatic hydroxyl groups excluding tert-OH is 1. The van der Waals surface area contributed by atoms with Crippen molar-refractivity contribution in [1.82, 2.24) is 49.8 Å². The van der Waals surface area contributed by atoms with Gasteiger partial charge in [-0.3, -0.25) is 30.2 Å². The van der Waals surface area contributed by atoms with Crippen LogP contribution in [-0.4, -0.2) is 163 Å². The van der Waals surface area contributed by atoms with E-state index < -0.39 is 89.5 Å². The Morgan fingerprint density at radius 3 is 1.35 bits per heavy atom. The molecule has 6 N–H and O–H groups in total. The summed E-state index contributed by atoms with van der Waals surface area (Å²) in [5.74, 6) is 0.218. The van der Waals surface area contributed by atoms with E-state index in [1.807, 2.05) is 63.2 Å². The van der Waals surface area contributed by atoms with Gasteiger partial charge in [-0.15, -0.1) is 0 Å². The number of halogens is 4. The molecule has 0 aliphatic heterocycles. The summed E-state index contributed by atoms with van der Waals surface area (Å²) in [5, 5.41) is 31.6. The van der Waals surface area contributed by atoms with Crippen LogP contribution in [0.1, 0.15) is 99.9 Å².